The van der Waals surface area contributed by atoms with Gasteiger partial charge in [-0.1, -0.05) is 19.0 Å². The van der Waals surface area contributed by atoms with Crippen LogP contribution in [0, 0.1) is 11.8 Å². The van der Waals surface area contributed by atoms with Gasteiger partial charge in [-0.3, -0.25) is 9.59 Å². The Morgan fingerprint density at radius 2 is 2.14 bits per heavy atom. The molecule has 1 aromatic heterocycles. The minimum Gasteiger partial charge on any atom is -0.363 e. The summed E-state index contributed by atoms with van der Waals surface area (Å²) >= 11 is 0. The van der Waals surface area contributed by atoms with E-state index in [1.54, 1.807) is 11.0 Å². The summed E-state index contributed by atoms with van der Waals surface area (Å²) in [7, 11) is 0. The second kappa shape index (κ2) is 7.24. The number of nitrogens with zero attached hydrogens (tertiary/aromatic N) is 2. The molecule has 0 spiro atoms. The third kappa shape index (κ3) is 4.58. The van der Waals surface area contributed by atoms with Crippen molar-refractivity contribution in [3.63, 3.8) is 0 Å². The fourth-order valence-electron chi connectivity index (χ4n) is 2.37. The van der Waals surface area contributed by atoms with E-state index in [9.17, 15) is 9.59 Å². The van der Waals surface area contributed by atoms with Crippen LogP contribution in [0.3, 0.4) is 0 Å². The van der Waals surface area contributed by atoms with Gasteiger partial charge in [0, 0.05) is 18.5 Å². The van der Waals surface area contributed by atoms with Crippen molar-refractivity contribution in [3.8, 4) is 0 Å². The first-order valence-corrected chi connectivity index (χ1v) is 7.63. The number of aromatic nitrogens is 1. The summed E-state index contributed by atoms with van der Waals surface area (Å²) in [4.78, 5) is 26.3. The molecule has 2 amide bonds. The maximum absolute atomic E-state index is 12.5. The first-order chi connectivity index (χ1) is 10.1. The van der Waals surface area contributed by atoms with Gasteiger partial charge in [-0.25, -0.2) is 0 Å². The van der Waals surface area contributed by atoms with Gasteiger partial charge in [-0.05, 0) is 31.6 Å². The zero-order chi connectivity index (χ0) is 15.2. The van der Waals surface area contributed by atoms with Crippen molar-refractivity contribution in [2.75, 3.05) is 18.4 Å². The van der Waals surface area contributed by atoms with E-state index >= 15 is 0 Å². The first kappa shape index (κ1) is 15.5. The summed E-state index contributed by atoms with van der Waals surface area (Å²) in [5, 5.41) is 6.28. The SMILES string of the molecule is CCC(CC)C(=O)N(CC(=O)Nc1ccon1)CC1CC1. The number of nitrogens with one attached hydrogen (secondary N) is 1. The van der Waals surface area contributed by atoms with Crippen LogP contribution in [0.25, 0.3) is 0 Å². The zero-order valence-corrected chi connectivity index (χ0v) is 12.7. The normalized spacial score (nSPS) is 14.2. The van der Waals surface area contributed by atoms with E-state index in [1.807, 2.05) is 13.8 Å². The molecule has 116 valence electrons. The second-order valence-corrected chi connectivity index (χ2v) is 5.61. The van der Waals surface area contributed by atoms with Crippen LogP contribution < -0.4 is 5.32 Å². The Balaban J connectivity index is 1.94. The molecule has 1 fully saturated rings. The molecule has 1 aliphatic carbocycles. The van der Waals surface area contributed by atoms with Gasteiger partial charge >= 0.3 is 0 Å². The van der Waals surface area contributed by atoms with E-state index in [1.165, 1.54) is 6.26 Å². The Hall–Kier alpha value is -1.85. The van der Waals surface area contributed by atoms with E-state index in [0.29, 0.717) is 18.3 Å². The van der Waals surface area contributed by atoms with Crippen molar-refractivity contribution < 1.29 is 14.1 Å². The number of carbonyl (C=O) groups is 2. The molecular formula is C15H23N3O3. The predicted molar refractivity (Wildman–Crippen MR) is 78.5 cm³/mol. The topological polar surface area (TPSA) is 75.4 Å². The summed E-state index contributed by atoms with van der Waals surface area (Å²) in [6, 6.07) is 1.58. The van der Waals surface area contributed by atoms with Crippen molar-refractivity contribution in [1.29, 1.82) is 0 Å². The quantitative estimate of drug-likeness (QED) is 0.798. The molecule has 0 atom stereocenters. The lowest BCUT2D eigenvalue weighted by Crippen LogP contribution is -2.42. The third-order valence-corrected chi connectivity index (χ3v) is 3.86. The molecule has 1 aromatic rings. The minimum atomic E-state index is -0.233. The average Bonchev–Trinajstić information content (AvgIpc) is 3.14. The fourth-order valence-corrected chi connectivity index (χ4v) is 2.37. The molecule has 0 bridgehead atoms. The highest BCUT2D eigenvalue weighted by atomic mass is 16.5. The van der Waals surface area contributed by atoms with Crippen LogP contribution in [0.5, 0.6) is 0 Å². The van der Waals surface area contributed by atoms with Crippen LogP contribution in [-0.2, 0) is 9.59 Å². The van der Waals surface area contributed by atoms with Crippen molar-refractivity contribution >= 4 is 17.6 Å². The van der Waals surface area contributed by atoms with Crippen LogP contribution >= 0.6 is 0 Å². The molecule has 1 heterocycles. The maximum Gasteiger partial charge on any atom is 0.245 e. The molecule has 0 aromatic carbocycles. The van der Waals surface area contributed by atoms with Crippen LogP contribution in [-0.4, -0.2) is 35.0 Å². The summed E-state index contributed by atoms with van der Waals surface area (Å²) in [5.41, 5.74) is 0. The molecule has 6 nitrogen and oxygen atoms in total. The Bertz CT molecular complexity index is 465. The Morgan fingerprint density at radius 3 is 2.67 bits per heavy atom. The molecule has 0 radical (unpaired) electrons. The fraction of sp³-hybridized carbons (Fsp3) is 0.667. The number of rotatable bonds is 8. The van der Waals surface area contributed by atoms with Crippen molar-refractivity contribution in [2.45, 2.75) is 39.5 Å². The zero-order valence-electron chi connectivity index (χ0n) is 12.7. The van der Waals surface area contributed by atoms with Gasteiger partial charge in [0.1, 0.15) is 6.26 Å². The summed E-state index contributed by atoms with van der Waals surface area (Å²) in [6.07, 6.45) is 5.31. The Labute approximate surface area is 124 Å². The third-order valence-electron chi connectivity index (χ3n) is 3.86. The van der Waals surface area contributed by atoms with Crippen molar-refractivity contribution in [2.24, 2.45) is 11.8 Å². The molecule has 0 aliphatic heterocycles. The van der Waals surface area contributed by atoms with Crippen LogP contribution in [0.2, 0.25) is 0 Å². The van der Waals surface area contributed by atoms with E-state index in [0.717, 1.165) is 25.7 Å². The number of hydrogen-bond donors (Lipinski definition) is 1. The summed E-state index contributed by atoms with van der Waals surface area (Å²) < 4.78 is 4.67. The highest BCUT2D eigenvalue weighted by Crippen LogP contribution is 2.30. The van der Waals surface area contributed by atoms with Gasteiger partial charge in [0.05, 0.1) is 6.54 Å². The molecule has 6 heteroatoms. The standard InChI is InChI=1S/C15H23N3O3/c1-3-12(4-2)15(20)18(9-11-5-6-11)10-14(19)16-13-7-8-21-17-13/h7-8,11-12H,3-6,9-10H2,1-2H3,(H,16,17,19). The van der Waals surface area contributed by atoms with Gasteiger partial charge in [-0.15, -0.1) is 0 Å². The molecular weight excluding hydrogens is 270 g/mol. The second-order valence-electron chi connectivity index (χ2n) is 5.61. The molecule has 21 heavy (non-hydrogen) atoms. The lowest BCUT2D eigenvalue weighted by molar-refractivity contribution is -0.138. The Morgan fingerprint density at radius 1 is 1.43 bits per heavy atom. The Kier molecular flexibility index (Phi) is 5.36. The van der Waals surface area contributed by atoms with Crippen molar-refractivity contribution in [1.82, 2.24) is 10.1 Å². The monoisotopic (exact) mass is 293 g/mol. The maximum atomic E-state index is 12.5. The van der Waals surface area contributed by atoms with Gasteiger partial charge in [0.25, 0.3) is 0 Å². The van der Waals surface area contributed by atoms with E-state index in [-0.39, 0.29) is 24.3 Å². The van der Waals surface area contributed by atoms with E-state index in [4.69, 9.17) is 0 Å². The van der Waals surface area contributed by atoms with Gasteiger partial charge in [0.15, 0.2) is 5.82 Å². The van der Waals surface area contributed by atoms with Gasteiger partial charge in [-0.2, -0.15) is 0 Å². The lowest BCUT2D eigenvalue weighted by atomic mass is 10.0. The van der Waals surface area contributed by atoms with Crippen LogP contribution in [0.1, 0.15) is 39.5 Å². The largest absolute Gasteiger partial charge is 0.363 e. The van der Waals surface area contributed by atoms with Gasteiger partial charge in [0.2, 0.25) is 11.8 Å². The molecule has 1 N–H and O–H groups in total. The van der Waals surface area contributed by atoms with Crippen LogP contribution in [0.15, 0.2) is 16.9 Å². The van der Waals surface area contributed by atoms with Gasteiger partial charge < -0.3 is 14.7 Å². The summed E-state index contributed by atoms with van der Waals surface area (Å²) in [6.45, 7) is 4.79. The minimum absolute atomic E-state index is 0.00333. The number of anilines is 1. The lowest BCUT2D eigenvalue weighted by Gasteiger charge is -2.26. The van der Waals surface area contributed by atoms with Crippen molar-refractivity contribution in [3.05, 3.63) is 12.3 Å². The molecule has 2 rings (SSSR count). The molecule has 0 saturated heterocycles. The predicted octanol–water partition coefficient (Wildman–Crippen LogP) is 2.29. The molecule has 1 aliphatic rings. The average molecular weight is 293 g/mol. The highest BCUT2D eigenvalue weighted by molar-refractivity contribution is 5.94. The number of carbonyl (C=O) groups excluding carboxylic acids is 2. The number of amides is 2. The van der Waals surface area contributed by atoms with E-state index in [2.05, 4.69) is 15.0 Å². The summed E-state index contributed by atoms with van der Waals surface area (Å²) in [5.74, 6) is 0.791. The number of hydrogen-bond acceptors (Lipinski definition) is 4. The molecule has 1 saturated carbocycles. The van der Waals surface area contributed by atoms with E-state index < -0.39 is 0 Å². The van der Waals surface area contributed by atoms with Crippen LogP contribution in [0.4, 0.5) is 5.82 Å². The smallest absolute Gasteiger partial charge is 0.245 e. The molecule has 0 unspecified atom stereocenters. The first-order valence-electron chi connectivity index (χ1n) is 7.63. The highest BCUT2D eigenvalue weighted by Gasteiger charge is 2.30.